The Morgan fingerprint density at radius 3 is 2.50 bits per heavy atom. The topological polar surface area (TPSA) is 55.8 Å². The standard InChI is InChI=1S/C21H23NO4/c1-2-25-18-10-6-7-11-19(18)26-21(24)17-14-20(23)22(15-17)13-12-16-8-4-3-5-9-16/h3-11,17H,2,12-15H2,1H3. The molecule has 136 valence electrons. The van der Waals surface area contributed by atoms with Gasteiger partial charge >= 0.3 is 5.97 Å². The van der Waals surface area contributed by atoms with Crippen LogP contribution >= 0.6 is 0 Å². The molecule has 1 atom stereocenters. The monoisotopic (exact) mass is 353 g/mol. The van der Waals surface area contributed by atoms with Gasteiger partial charge in [-0.1, -0.05) is 42.5 Å². The number of amides is 1. The maximum absolute atomic E-state index is 12.5. The van der Waals surface area contributed by atoms with E-state index in [1.807, 2.05) is 43.3 Å². The molecular formula is C21H23NO4. The van der Waals surface area contributed by atoms with Gasteiger partial charge in [0.15, 0.2) is 11.5 Å². The SMILES string of the molecule is CCOc1ccccc1OC(=O)C1CC(=O)N(CCc2ccccc2)C1. The van der Waals surface area contributed by atoms with E-state index in [4.69, 9.17) is 9.47 Å². The second-order valence-corrected chi connectivity index (χ2v) is 6.28. The summed E-state index contributed by atoms with van der Waals surface area (Å²) in [6.07, 6.45) is 0.978. The summed E-state index contributed by atoms with van der Waals surface area (Å²) in [5.74, 6) is 0.116. The molecule has 26 heavy (non-hydrogen) atoms. The number of hydrogen-bond donors (Lipinski definition) is 0. The number of benzene rings is 2. The van der Waals surface area contributed by atoms with Crippen molar-refractivity contribution in [3.8, 4) is 11.5 Å². The molecule has 5 heteroatoms. The van der Waals surface area contributed by atoms with Gasteiger partial charge in [-0.2, -0.15) is 0 Å². The molecule has 0 aromatic heterocycles. The van der Waals surface area contributed by atoms with E-state index in [2.05, 4.69) is 0 Å². The lowest BCUT2D eigenvalue weighted by Gasteiger charge is -2.16. The van der Waals surface area contributed by atoms with Crippen LogP contribution in [0.5, 0.6) is 11.5 Å². The lowest BCUT2D eigenvalue weighted by Crippen LogP contribution is -2.29. The lowest BCUT2D eigenvalue weighted by atomic mass is 10.1. The Bertz CT molecular complexity index is 760. The van der Waals surface area contributed by atoms with Gasteiger partial charge in [-0.3, -0.25) is 9.59 Å². The molecule has 2 aromatic carbocycles. The van der Waals surface area contributed by atoms with Crippen LogP contribution in [-0.4, -0.2) is 36.5 Å². The minimum absolute atomic E-state index is 0.000902. The first-order valence-electron chi connectivity index (χ1n) is 8.92. The summed E-state index contributed by atoms with van der Waals surface area (Å²) in [6.45, 7) is 3.38. The van der Waals surface area contributed by atoms with Gasteiger partial charge in [0, 0.05) is 19.5 Å². The fourth-order valence-corrected chi connectivity index (χ4v) is 3.06. The van der Waals surface area contributed by atoms with Crippen molar-refractivity contribution >= 4 is 11.9 Å². The highest BCUT2D eigenvalue weighted by molar-refractivity contribution is 5.87. The molecule has 1 aliphatic heterocycles. The third-order valence-electron chi connectivity index (χ3n) is 4.42. The zero-order chi connectivity index (χ0) is 18.4. The number of carbonyl (C=O) groups is 2. The first-order chi connectivity index (χ1) is 12.7. The normalized spacial score (nSPS) is 16.6. The van der Waals surface area contributed by atoms with E-state index >= 15 is 0 Å². The van der Waals surface area contributed by atoms with Crippen molar-refractivity contribution in [2.45, 2.75) is 19.8 Å². The van der Waals surface area contributed by atoms with Gasteiger partial charge in [-0.25, -0.2) is 0 Å². The van der Waals surface area contributed by atoms with Crippen LogP contribution in [0.3, 0.4) is 0 Å². The molecule has 5 nitrogen and oxygen atoms in total. The summed E-state index contributed by atoms with van der Waals surface area (Å²) in [5.41, 5.74) is 1.18. The molecule has 3 rings (SSSR count). The van der Waals surface area contributed by atoms with E-state index in [0.717, 1.165) is 6.42 Å². The zero-order valence-corrected chi connectivity index (χ0v) is 14.9. The van der Waals surface area contributed by atoms with Crippen molar-refractivity contribution in [1.82, 2.24) is 4.90 Å². The Morgan fingerprint density at radius 1 is 1.08 bits per heavy atom. The molecule has 0 bridgehead atoms. The molecule has 1 heterocycles. The predicted molar refractivity (Wildman–Crippen MR) is 98.1 cm³/mol. The zero-order valence-electron chi connectivity index (χ0n) is 14.9. The van der Waals surface area contributed by atoms with Gasteiger partial charge in [0.25, 0.3) is 0 Å². The van der Waals surface area contributed by atoms with E-state index < -0.39 is 5.92 Å². The predicted octanol–water partition coefficient (Wildman–Crippen LogP) is 3.08. The van der Waals surface area contributed by atoms with Crippen LogP contribution < -0.4 is 9.47 Å². The molecule has 0 aliphatic carbocycles. The molecule has 0 saturated carbocycles. The molecule has 0 N–H and O–H groups in total. The fraction of sp³-hybridized carbons (Fsp3) is 0.333. The number of esters is 1. The molecular weight excluding hydrogens is 330 g/mol. The summed E-state index contributed by atoms with van der Waals surface area (Å²) in [5, 5.41) is 0. The largest absolute Gasteiger partial charge is 0.490 e. The Labute approximate surface area is 153 Å². The van der Waals surface area contributed by atoms with E-state index in [9.17, 15) is 9.59 Å². The van der Waals surface area contributed by atoms with E-state index in [1.165, 1.54) is 5.56 Å². The number of rotatable bonds is 7. The smallest absolute Gasteiger partial charge is 0.316 e. The Balaban J connectivity index is 1.57. The lowest BCUT2D eigenvalue weighted by molar-refractivity contribution is -0.139. The quantitative estimate of drug-likeness (QED) is 0.567. The number of para-hydroxylation sites is 2. The van der Waals surface area contributed by atoms with Gasteiger partial charge in [-0.05, 0) is 31.0 Å². The molecule has 1 aliphatic rings. The van der Waals surface area contributed by atoms with Gasteiger partial charge in [0.05, 0.1) is 12.5 Å². The Kier molecular flexibility index (Phi) is 5.89. The van der Waals surface area contributed by atoms with E-state index in [0.29, 0.717) is 31.2 Å². The third-order valence-corrected chi connectivity index (χ3v) is 4.42. The highest BCUT2D eigenvalue weighted by Crippen LogP contribution is 2.28. The van der Waals surface area contributed by atoms with Crippen LogP contribution in [0, 0.1) is 5.92 Å². The third kappa shape index (κ3) is 4.42. The van der Waals surface area contributed by atoms with Gasteiger partial charge in [0.1, 0.15) is 0 Å². The molecule has 0 radical (unpaired) electrons. The first-order valence-corrected chi connectivity index (χ1v) is 8.92. The average molecular weight is 353 g/mol. The van der Waals surface area contributed by atoms with E-state index in [1.54, 1.807) is 23.1 Å². The Morgan fingerprint density at radius 2 is 1.77 bits per heavy atom. The second kappa shape index (κ2) is 8.52. The van der Waals surface area contributed by atoms with Gasteiger partial charge in [0.2, 0.25) is 5.91 Å². The highest BCUT2D eigenvalue weighted by Gasteiger charge is 2.35. The Hall–Kier alpha value is -2.82. The van der Waals surface area contributed by atoms with Crippen LogP contribution in [0.25, 0.3) is 0 Å². The molecule has 0 spiro atoms. The summed E-state index contributed by atoms with van der Waals surface area (Å²) in [6, 6.07) is 17.1. The minimum Gasteiger partial charge on any atom is -0.490 e. The molecule has 2 aromatic rings. The van der Waals surface area contributed by atoms with Crippen molar-refractivity contribution in [3.05, 3.63) is 60.2 Å². The minimum atomic E-state index is -0.437. The van der Waals surface area contributed by atoms with Crippen molar-refractivity contribution in [3.63, 3.8) is 0 Å². The number of likely N-dealkylation sites (tertiary alicyclic amines) is 1. The van der Waals surface area contributed by atoms with Crippen molar-refractivity contribution in [1.29, 1.82) is 0 Å². The fourth-order valence-electron chi connectivity index (χ4n) is 3.06. The molecule has 1 saturated heterocycles. The number of ether oxygens (including phenoxy) is 2. The summed E-state index contributed by atoms with van der Waals surface area (Å²) in [4.78, 5) is 26.4. The van der Waals surface area contributed by atoms with Crippen molar-refractivity contribution < 1.29 is 19.1 Å². The average Bonchev–Trinajstić information content (AvgIpc) is 3.04. The second-order valence-electron chi connectivity index (χ2n) is 6.28. The molecule has 1 amide bonds. The van der Waals surface area contributed by atoms with Crippen LogP contribution in [0.4, 0.5) is 0 Å². The van der Waals surface area contributed by atoms with Crippen molar-refractivity contribution in [2.75, 3.05) is 19.7 Å². The summed E-state index contributed by atoms with van der Waals surface area (Å²) < 4.78 is 11.0. The molecule has 1 unspecified atom stereocenters. The van der Waals surface area contributed by atoms with Crippen LogP contribution in [0.15, 0.2) is 54.6 Å². The van der Waals surface area contributed by atoms with Crippen LogP contribution in [-0.2, 0) is 16.0 Å². The number of carbonyl (C=O) groups excluding carboxylic acids is 2. The number of nitrogens with zero attached hydrogens (tertiary/aromatic N) is 1. The maximum Gasteiger partial charge on any atom is 0.316 e. The van der Waals surface area contributed by atoms with Crippen LogP contribution in [0.2, 0.25) is 0 Å². The molecule has 1 fully saturated rings. The van der Waals surface area contributed by atoms with Gasteiger partial charge < -0.3 is 14.4 Å². The first kappa shape index (κ1) is 18.0. The van der Waals surface area contributed by atoms with E-state index in [-0.39, 0.29) is 18.3 Å². The highest BCUT2D eigenvalue weighted by atomic mass is 16.6. The summed E-state index contributed by atoms with van der Waals surface area (Å²) >= 11 is 0. The van der Waals surface area contributed by atoms with Gasteiger partial charge in [-0.15, -0.1) is 0 Å². The van der Waals surface area contributed by atoms with Crippen molar-refractivity contribution in [2.24, 2.45) is 5.92 Å². The van der Waals surface area contributed by atoms with Crippen LogP contribution in [0.1, 0.15) is 18.9 Å². The summed E-state index contributed by atoms with van der Waals surface area (Å²) in [7, 11) is 0. The maximum atomic E-state index is 12.5. The number of hydrogen-bond acceptors (Lipinski definition) is 4.